The van der Waals surface area contributed by atoms with Crippen molar-refractivity contribution >= 4 is 11.5 Å². The van der Waals surface area contributed by atoms with Crippen LogP contribution in [0.5, 0.6) is 0 Å². The summed E-state index contributed by atoms with van der Waals surface area (Å²) in [7, 11) is 1.72. The number of nitrogens with zero attached hydrogens (tertiary/aromatic N) is 1. The molecule has 180 valence electrons. The number of benzene rings is 1. The molecular formula is C26H36F2N4O. The van der Waals surface area contributed by atoms with Gasteiger partial charge in [0, 0.05) is 48.6 Å². The Labute approximate surface area is 195 Å². The highest BCUT2D eigenvalue weighted by atomic mass is 19.1. The van der Waals surface area contributed by atoms with Gasteiger partial charge in [-0.15, -0.1) is 0 Å². The van der Waals surface area contributed by atoms with Gasteiger partial charge in [0.15, 0.2) is 0 Å². The van der Waals surface area contributed by atoms with Gasteiger partial charge in [-0.05, 0) is 75.1 Å². The Kier molecular flexibility index (Phi) is 7.49. The van der Waals surface area contributed by atoms with Crippen molar-refractivity contribution in [3.8, 4) is 11.1 Å². The largest absolute Gasteiger partial charge is 0.384 e. The second-order valence-electron chi connectivity index (χ2n) is 10.1. The highest BCUT2D eigenvalue weighted by molar-refractivity contribution is 5.71. The fourth-order valence-corrected chi connectivity index (χ4v) is 4.59. The highest BCUT2D eigenvalue weighted by Gasteiger charge is 2.36. The molecule has 1 heterocycles. The van der Waals surface area contributed by atoms with Gasteiger partial charge in [0.2, 0.25) is 0 Å². The van der Waals surface area contributed by atoms with E-state index in [9.17, 15) is 8.78 Å². The number of halogens is 2. The third-order valence-corrected chi connectivity index (χ3v) is 6.95. The Hall–Kier alpha value is -2.25. The molecule has 4 rings (SSSR count). The molecule has 2 aromatic rings. The second kappa shape index (κ2) is 10.3. The number of hydrogen-bond donors (Lipinski definition) is 3. The van der Waals surface area contributed by atoms with Crippen LogP contribution < -0.4 is 16.0 Å². The molecule has 1 aromatic heterocycles. The van der Waals surface area contributed by atoms with Gasteiger partial charge in [-0.3, -0.25) is 0 Å². The molecule has 0 spiro atoms. The second-order valence-corrected chi connectivity index (χ2v) is 10.1. The van der Waals surface area contributed by atoms with Crippen LogP contribution >= 0.6 is 0 Å². The van der Waals surface area contributed by atoms with Crippen molar-refractivity contribution in [3.63, 3.8) is 0 Å². The zero-order chi connectivity index (χ0) is 23.4. The number of rotatable bonds is 10. The van der Waals surface area contributed by atoms with Gasteiger partial charge in [0.25, 0.3) is 0 Å². The lowest BCUT2D eigenvalue weighted by atomic mass is 9.90. The molecule has 0 amide bonds. The number of nitrogens with one attached hydrogen (secondary N) is 3. The van der Waals surface area contributed by atoms with Crippen molar-refractivity contribution < 1.29 is 13.5 Å². The van der Waals surface area contributed by atoms with E-state index in [1.165, 1.54) is 25.1 Å². The Morgan fingerprint density at radius 2 is 1.76 bits per heavy atom. The fourth-order valence-electron chi connectivity index (χ4n) is 4.59. The maximum atomic E-state index is 14.7. The third kappa shape index (κ3) is 6.42. The zero-order valence-electron chi connectivity index (χ0n) is 19.9. The molecular weight excluding hydrogens is 422 g/mol. The molecule has 0 bridgehead atoms. The van der Waals surface area contributed by atoms with Crippen molar-refractivity contribution in [2.75, 3.05) is 30.9 Å². The summed E-state index contributed by atoms with van der Waals surface area (Å²) in [5, 5.41) is 10.4. The minimum atomic E-state index is -0.522. The lowest BCUT2D eigenvalue weighted by molar-refractivity contribution is 0.161. The quantitative estimate of drug-likeness (QED) is 0.434. The van der Waals surface area contributed by atoms with Crippen LogP contribution in [0.15, 0.2) is 30.5 Å². The molecule has 0 unspecified atom stereocenters. The number of pyridine rings is 1. The van der Waals surface area contributed by atoms with E-state index in [-0.39, 0.29) is 17.2 Å². The lowest BCUT2D eigenvalue weighted by Crippen LogP contribution is -2.42. The summed E-state index contributed by atoms with van der Waals surface area (Å²) in [6.07, 6.45) is 7.69. The molecule has 0 radical (unpaired) electrons. The third-order valence-electron chi connectivity index (χ3n) is 6.95. The van der Waals surface area contributed by atoms with Crippen LogP contribution in [0, 0.1) is 17.0 Å². The van der Waals surface area contributed by atoms with Crippen molar-refractivity contribution in [3.05, 3.63) is 42.1 Å². The highest BCUT2D eigenvalue weighted by Crippen LogP contribution is 2.45. The van der Waals surface area contributed by atoms with Crippen molar-refractivity contribution in [1.29, 1.82) is 0 Å². The molecule has 1 aromatic carbocycles. The van der Waals surface area contributed by atoms with Gasteiger partial charge in [0.05, 0.1) is 12.8 Å². The summed E-state index contributed by atoms with van der Waals surface area (Å²) in [6, 6.07) is 7.52. The SMILES string of the molecule is COC[C@@H](C)NC1CCC(Nc2cc(-c3cc(NCC4(C)CC4)ccc3F)c(F)cn2)CC1. The maximum absolute atomic E-state index is 14.7. The topological polar surface area (TPSA) is 58.2 Å². The molecule has 3 N–H and O–H groups in total. The molecule has 2 saturated carbocycles. The van der Waals surface area contributed by atoms with Crippen LogP contribution in [0.1, 0.15) is 52.4 Å². The number of ether oxygens (including phenoxy) is 1. The molecule has 2 aliphatic carbocycles. The molecule has 7 heteroatoms. The first-order chi connectivity index (χ1) is 15.8. The number of anilines is 2. The maximum Gasteiger partial charge on any atom is 0.149 e. The first-order valence-electron chi connectivity index (χ1n) is 12.1. The van der Waals surface area contributed by atoms with E-state index in [0.717, 1.165) is 37.9 Å². The molecule has 2 aliphatic rings. The number of methoxy groups -OCH3 is 1. The Morgan fingerprint density at radius 1 is 1.06 bits per heavy atom. The summed E-state index contributed by atoms with van der Waals surface area (Å²) in [5.41, 5.74) is 1.61. The van der Waals surface area contributed by atoms with Crippen LogP contribution in [-0.2, 0) is 4.74 Å². The Balaban J connectivity index is 1.40. The van der Waals surface area contributed by atoms with E-state index in [1.807, 2.05) is 0 Å². The summed E-state index contributed by atoms with van der Waals surface area (Å²) < 4.78 is 34.5. The fraction of sp³-hybridized carbons (Fsp3) is 0.577. The summed E-state index contributed by atoms with van der Waals surface area (Å²) in [4.78, 5) is 4.22. The molecule has 5 nitrogen and oxygen atoms in total. The van der Waals surface area contributed by atoms with E-state index < -0.39 is 11.6 Å². The average molecular weight is 459 g/mol. The summed E-state index contributed by atoms with van der Waals surface area (Å²) >= 11 is 0. The minimum absolute atomic E-state index is 0.232. The molecule has 0 saturated heterocycles. The summed E-state index contributed by atoms with van der Waals surface area (Å²) in [5.74, 6) is -0.379. The Morgan fingerprint density at radius 3 is 2.45 bits per heavy atom. The number of hydrogen-bond acceptors (Lipinski definition) is 5. The van der Waals surface area contributed by atoms with Crippen molar-refractivity contribution in [2.24, 2.45) is 5.41 Å². The van der Waals surface area contributed by atoms with Crippen LogP contribution in [-0.4, -0.2) is 43.4 Å². The average Bonchev–Trinajstić information content (AvgIpc) is 3.53. The molecule has 0 aliphatic heterocycles. The first-order valence-corrected chi connectivity index (χ1v) is 12.1. The molecule has 2 fully saturated rings. The van der Waals surface area contributed by atoms with Crippen molar-refractivity contribution in [1.82, 2.24) is 10.3 Å². The van der Waals surface area contributed by atoms with Gasteiger partial charge < -0.3 is 20.7 Å². The van der Waals surface area contributed by atoms with Gasteiger partial charge in [-0.1, -0.05) is 6.92 Å². The standard InChI is InChI=1S/C26H36F2N4O/c1-17(15-33-3)31-18-4-6-19(7-5-18)32-25-13-22(24(28)14-29-25)21-12-20(8-9-23(21)27)30-16-26(2)10-11-26/h8-9,12-14,17-19,30-31H,4-7,10-11,15-16H2,1-3H3,(H,29,32)/t17-,18?,19?/m1/s1. The van der Waals surface area contributed by atoms with Crippen LogP contribution in [0.25, 0.3) is 11.1 Å². The molecule has 33 heavy (non-hydrogen) atoms. The van der Waals surface area contributed by atoms with Gasteiger partial charge >= 0.3 is 0 Å². The zero-order valence-corrected chi connectivity index (χ0v) is 19.9. The number of aromatic nitrogens is 1. The van der Waals surface area contributed by atoms with E-state index in [0.29, 0.717) is 29.9 Å². The Bertz CT molecular complexity index is 942. The van der Waals surface area contributed by atoms with Crippen LogP contribution in [0.4, 0.5) is 20.3 Å². The van der Waals surface area contributed by atoms with Crippen molar-refractivity contribution in [2.45, 2.75) is 70.5 Å². The van der Waals surface area contributed by atoms with E-state index in [2.05, 4.69) is 34.8 Å². The lowest BCUT2D eigenvalue weighted by Gasteiger charge is -2.31. The van der Waals surface area contributed by atoms with Crippen LogP contribution in [0.3, 0.4) is 0 Å². The smallest absolute Gasteiger partial charge is 0.149 e. The predicted molar refractivity (Wildman–Crippen MR) is 130 cm³/mol. The molecule has 1 atom stereocenters. The van der Waals surface area contributed by atoms with E-state index in [1.54, 1.807) is 25.3 Å². The minimum Gasteiger partial charge on any atom is -0.384 e. The predicted octanol–water partition coefficient (Wildman–Crippen LogP) is 5.59. The first kappa shape index (κ1) is 23.9. The monoisotopic (exact) mass is 458 g/mol. The van der Waals surface area contributed by atoms with Gasteiger partial charge in [-0.2, -0.15) is 0 Å². The van der Waals surface area contributed by atoms with E-state index >= 15 is 0 Å². The summed E-state index contributed by atoms with van der Waals surface area (Å²) in [6.45, 7) is 5.90. The van der Waals surface area contributed by atoms with Gasteiger partial charge in [0.1, 0.15) is 17.5 Å². The normalized spacial score (nSPS) is 22.6. The van der Waals surface area contributed by atoms with Crippen LogP contribution in [0.2, 0.25) is 0 Å². The van der Waals surface area contributed by atoms with Gasteiger partial charge in [-0.25, -0.2) is 13.8 Å². The van der Waals surface area contributed by atoms with E-state index in [4.69, 9.17) is 4.74 Å².